The summed E-state index contributed by atoms with van der Waals surface area (Å²) in [6.07, 6.45) is 4.65. The van der Waals surface area contributed by atoms with Crippen LogP contribution in [0.4, 0.5) is 4.39 Å². The zero-order chi connectivity index (χ0) is 14.8. The molecule has 0 radical (unpaired) electrons. The zero-order valence-electron chi connectivity index (χ0n) is 12.2. The van der Waals surface area contributed by atoms with E-state index in [9.17, 15) is 4.39 Å². The van der Waals surface area contributed by atoms with Crippen molar-refractivity contribution in [2.45, 2.75) is 50.7 Å². The van der Waals surface area contributed by atoms with Crippen LogP contribution in [-0.2, 0) is 11.2 Å². The summed E-state index contributed by atoms with van der Waals surface area (Å²) in [5.74, 6) is 0.346. The van der Waals surface area contributed by atoms with E-state index in [1.54, 1.807) is 19.2 Å². The molecule has 3 atom stereocenters. The van der Waals surface area contributed by atoms with E-state index in [2.05, 4.69) is 6.92 Å². The lowest BCUT2D eigenvalue weighted by Gasteiger charge is -2.43. The highest BCUT2D eigenvalue weighted by molar-refractivity contribution is 6.30. The molecular weight excluding hydrogens is 277 g/mol. The van der Waals surface area contributed by atoms with Crippen molar-refractivity contribution in [3.8, 4) is 0 Å². The first-order valence-electron chi connectivity index (χ1n) is 7.21. The predicted octanol–water partition coefficient (Wildman–Crippen LogP) is 3.94. The second kappa shape index (κ2) is 6.42. The molecule has 2 N–H and O–H groups in total. The number of benzene rings is 1. The fraction of sp³-hybridized carbons (Fsp3) is 0.625. The van der Waals surface area contributed by atoms with Crippen LogP contribution in [0, 0.1) is 11.7 Å². The van der Waals surface area contributed by atoms with Crippen molar-refractivity contribution in [1.29, 1.82) is 0 Å². The second-order valence-corrected chi connectivity index (χ2v) is 6.45. The average Bonchev–Trinajstić information content (AvgIpc) is 2.42. The summed E-state index contributed by atoms with van der Waals surface area (Å²) >= 11 is 5.94. The SMILES string of the molecule is COC1(C(N)Cc2cc(Cl)ccc2F)CCCC(C)C1. The van der Waals surface area contributed by atoms with Crippen LogP contribution in [0.5, 0.6) is 0 Å². The predicted molar refractivity (Wildman–Crippen MR) is 80.5 cm³/mol. The van der Waals surface area contributed by atoms with Crippen molar-refractivity contribution in [2.75, 3.05) is 7.11 Å². The number of hydrogen-bond acceptors (Lipinski definition) is 2. The van der Waals surface area contributed by atoms with Crippen LogP contribution in [-0.4, -0.2) is 18.8 Å². The highest BCUT2D eigenvalue weighted by Crippen LogP contribution is 2.37. The van der Waals surface area contributed by atoms with Gasteiger partial charge in [0.1, 0.15) is 5.82 Å². The van der Waals surface area contributed by atoms with Crippen LogP contribution in [0.1, 0.15) is 38.2 Å². The Labute approximate surface area is 125 Å². The zero-order valence-corrected chi connectivity index (χ0v) is 12.9. The summed E-state index contributed by atoms with van der Waals surface area (Å²) < 4.78 is 19.6. The number of methoxy groups -OCH3 is 1. The Morgan fingerprint density at radius 1 is 1.55 bits per heavy atom. The Morgan fingerprint density at radius 2 is 2.30 bits per heavy atom. The van der Waals surface area contributed by atoms with E-state index in [4.69, 9.17) is 22.1 Å². The van der Waals surface area contributed by atoms with Gasteiger partial charge in [-0.15, -0.1) is 0 Å². The van der Waals surface area contributed by atoms with E-state index < -0.39 is 0 Å². The van der Waals surface area contributed by atoms with Crippen molar-refractivity contribution in [3.05, 3.63) is 34.6 Å². The highest BCUT2D eigenvalue weighted by atomic mass is 35.5. The molecule has 4 heteroatoms. The maximum atomic E-state index is 13.8. The van der Waals surface area contributed by atoms with E-state index in [1.807, 2.05) is 0 Å². The van der Waals surface area contributed by atoms with E-state index in [0.717, 1.165) is 19.3 Å². The van der Waals surface area contributed by atoms with E-state index in [-0.39, 0.29) is 17.5 Å². The van der Waals surface area contributed by atoms with E-state index in [0.29, 0.717) is 22.9 Å². The van der Waals surface area contributed by atoms with Gasteiger partial charge in [-0.25, -0.2) is 4.39 Å². The van der Waals surface area contributed by atoms with Gasteiger partial charge in [0.05, 0.1) is 5.60 Å². The number of ether oxygens (including phenoxy) is 1. The lowest BCUT2D eigenvalue weighted by molar-refractivity contribution is -0.0706. The van der Waals surface area contributed by atoms with Gasteiger partial charge in [0.15, 0.2) is 0 Å². The standard InChI is InChI=1S/C16H23ClFNO/c1-11-4-3-7-16(10-11,20-2)15(19)9-12-8-13(17)5-6-14(12)18/h5-6,8,11,15H,3-4,7,9-10,19H2,1-2H3. The van der Waals surface area contributed by atoms with Crippen LogP contribution in [0.15, 0.2) is 18.2 Å². The largest absolute Gasteiger partial charge is 0.377 e. The van der Waals surface area contributed by atoms with Crippen molar-refractivity contribution in [3.63, 3.8) is 0 Å². The molecule has 1 aromatic rings. The quantitative estimate of drug-likeness (QED) is 0.914. The summed E-state index contributed by atoms with van der Waals surface area (Å²) in [6.45, 7) is 2.22. The van der Waals surface area contributed by atoms with Crippen LogP contribution >= 0.6 is 11.6 Å². The first-order chi connectivity index (χ1) is 9.47. The van der Waals surface area contributed by atoms with Gasteiger partial charge in [-0.1, -0.05) is 31.4 Å². The lowest BCUT2D eigenvalue weighted by Crippen LogP contribution is -2.53. The minimum absolute atomic E-state index is 0.219. The first kappa shape index (κ1) is 15.7. The maximum Gasteiger partial charge on any atom is 0.126 e. The van der Waals surface area contributed by atoms with Gasteiger partial charge in [-0.2, -0.15) is 0 Å². The molecule has 3 unspecified atom stereocenters. The van der Waals surface area contributed by atoms with E-state index >= 15 is 0 Å². The normalized spacial score (nSPS) is 28.4. The van der Waals surface area contributed by atoms with Crippen LogP contribution < -0.4 is 5.73 Å². The van der Waals surface area contributed by atoms with Crippen LogP contribution in [0.2, 0.25) is 5.02 Å². The Balaban J connectivity index is 2.16. The Bertz CT molecular complexity index is 468. The molecule has 1 fully saturated rings. The molecule has 2 rings (SSSR count). The summed E-state index contributed by atoms with van der Waals surface area (Å²) in [6, 6.07) is 4.39. The molecule has 1 aromatic carbocycles. The van der Waals surface area contributed by atoms with Gasteiger partial charge in [0, 0.05) is 18.2 Å². The summed E-state index contributed by atoms with van der Waals surface area (Å²) in [4.78, 5) is 0. The Hall–Kier alpha value is -0.640. The third-order valence-corrected chi connectivity index (χ3v) is 4.76. The number of halogens is 2. The molecule has 1 aliphatic rings. The van der Waals surface area contributed by atoms with Gasteiger partial charge >= 0.3 is 0 Å². The van der Waals surface area contributed by atoms with Crippen molar-refractivity contribution >= 4 is 11.6 Å². The minimum atomic E-state index is -0.341. The topological polar surface area (TPSA) is 35.2 Å². The molecule has 0 heterocycles. The smallest absolute Gasteiger partial charge is 0.126 e. The van der Waals surface area contributed by atoms with Gasteiger partial charge in [-0.3, -0.25) is 0 Å². The molecule has 20 heavy (non-hydrogen) atoms. The molecule has 0 bridgehead atoms. The number of hydrogen-bond donors (Lipinski definition) is 1. The third kappa shape index (κ3) is 3.33. The molecule has 0 aromatic heterocycles. The van der Waals surface area contributed by atoms with Gasteiger partial charge in [0.2, 0.25) is 0 Å². The van der Waals surface area contributed by atoms with Gasteiger partial charge in [0.25, 0.3) is 0 Å². The first-order valence-corrected chi connectivity index (χ1v) is 7.59. The molecular formula is C16H23ClFNO. The Kier molecular flexibility index (Phi) is 5.05. The van der Waals surface area contributed by atoms with E-state index in [1.165, 1.54) is 12.5 Å². The van der Waals surface area contributed by atoms with Crippen molar-refractivity contribution in [2.24, 2.45) is 11.7 Å². The molecule has 0 spiro atoms. The van der Waals surface area contributed by atoms with Crippen molar-refractivity contribution < 1.29 is 9.13 Å². The molecule has 1 saturated carbocycles. The number of rotatable bonds is 4. The fourth-order valence-electron chi connectivity index (χ4n) is 3.34. The fourth-order valence-corrected chi connectivity index (χ4v) is 3.53. The monoisotopic (exact) mass is 299 g/mol. The van der Waals surface area contributed by atoms with Crippen molar-refractivity contribution in [1.82, 2.24) is 0 Å². The summed E-state index contributed by atoms with van der Waals surface area (Å²) in [5.41, 5.74) is 6.60. The molecule has 0 amide bonds. The highest BCUT2D eigenvalue weighted by Gasteiger charge is 2.40. The number of nitrogens with two attached hydrogens (primary N) is 1. The Morgan fingerprint density at radius 3 is 2.95 bits per heavy atom. The molecule has 2 nitrogen and oxygen atoms in total. The molecule has 0 aliphatic heterocycles. The second-order valence-electron chi connectivity index (χ2n) is 6.02. The molecule has 112 valence electrons. The summed E-state index contributed by atoms with van der Waals surface area (Å²) in [5, 5.41) is 0.539. The summed E-state index contributed by atoms with van der Waals surface area (Å²) in [7, 11) is 1.71. The average molecular weight is 300 g/mol. The van der Waals surface area contributed by atoms with Gasteiger partial charge < -0.3 is 10.5 Å². The van der Waals surface area contributed by atoms with Crippen LogP contribution in [0.25, 0.3) is 0 Å². The minimum Gasteiger partial charge on any atom is -0.377 e. The van der Waals surface area contributed by atoms with Gasteiger partial charge in [-0.05, 0) is 48.9 Å². The molecule has 1 aliphatic carbocycles. The molecule has 0 saturated heterocycles. The van der Waals surface area contributed by atoms with Crippen LogP contribution in [0.3, 0.4) is 0 Å². The third-order valence-electron chi connectivity index (χ3n) is 4.52. The maximum absolute atomic E-state index is 13.8. The lowest BCUT2D eigenvalue weighted by atomic mass is 9.73.